The molecule has 0 spiro atoms. The molecular weight excluding hydrogens is 434 g/mol. The molecule has 2 aliphatic rings. The Morgan fingerprint density at radius 1 is 0.914 bits per heavy atom. The summed E-state index contributed by atoms with van der Waals surface area (Å²) in [5.74, 6) is 1.80. The highest BCUT2D eigenvalue weighted by molar-refractivity contribution is 5.96. The van der Waals surface area contributed by atoms with E-state index in [0.29, 0.717) is 18.9 Å². The van der Waals surface area contributed by atoms with E-state index in [-0.39, 0.29) is 5.78 Å². The lowest BCUT2D eigenvalue weighted by atomic mass is 9.90. The van der Waals surface area contributed by atoms with Gasteiger partial charge in [0.15, 0.2) is 5.78 Å². The van der Waals surface area contributed by atoms with Crippen molar-refractivity contribution >= 4 is 5.78 Å². The molecule has 5 heteroatoms. The summed E-state index contributed by atoms with van der Waals surface area (Å²) < 4.78 is 6.00. The number of rotatable bonds is 8. The van der Waals surface area contributed by atoms with Gasteiger partial charge in [0, 0.05) is 56.1 Å². The van der Waals surface area contributed by atoms with Gasteiger partial charge < -0.3 is 4.74 Å². The average Bonchev–Trinajstić information content (AvgIpc) is 3.10. The van der Waals surface area contributed by atoms with Crippen molar-refractivity contribution in [1.82, 2.24) is 14.8 Å². The second-order valence-corrected chi connectivity index (χ2v) is 9.91. The molecule has 5 rings (SSSR count). The number of piperidine rings is 1. The summed E-state index contributed by atoms with van der Waals surface area (Å²) in [6, 6.07) is 20.7. The summed E-state index contributed by atoms with van der Waals surface area (Å²) in [6.45, 7) is 6.42. The van der Waals surface area contributed by atoms with Gasteiger partial charge in [-0.05, 0) is 73.7 Å². The van der Waals surface area contributed by atoms with Crippen molar-refractivity contribution < 1.29 is 9.53 Å². The standard InChI is InChI=1S/C30H35N3O2/c34-29(10-8-24-12-15-32(16-13-24)22-26-7-4-14-31-20-26)27-9-11-30-28(19-27)23-33(17-18-35-30)21-25-5-2-1-3-6-25/h1-7,9,11,14,19-20,24H,8,10,12-13,15-18,21-23H2. The van der Waals surface area contributed by atoms with E-state index >= 15 is 0 Å². The van der Waals surface area contributed by atoms with Crippen molar-refractivity contribution in [3.05, 3.63) is 95.3 Å². The van der Waals surface area contributed by atoms with E-state index < -0.39 is 0 Å². The lowest BCUT2D eigenvalue weighted by molar-refractivity contribution is 0.0961. The second-order valence-electron chi connectivity index (χ2n) is 9.91. The molecular formula is C30H35N3O2. The van der Waals surface area contributed by atoms with Crippen LogP contribution in [0.2, 0.25) is 0 Å². The van der Waals surface area contributed by atoms with Crippen LogP contribution in [0, 0.1) is 5.92 Å². The molecule has 2 aromatic carbocycles. The Morgan fingerprint density at radius 2 is 1.71 bits per heavy atom. The minimum atomic E-state index is 0.254. The van der Waals surface area contributed by atoms with Crippen LogP contribution < -0.4 is 4.74 Å². The Labute approximate surface area is 208 Å². The SMILES string of the molecule is O=C(CCC1CCN(Cc2cccnc2)CC1)c1ccc2c(c1)CN(Cc1ccccc1)CCO2. The molecule has 3 aromatic rings. The number of nitrogens with zero attached hydrogens (tertiary/aromatic N) is 3. The Balaban J connectivity index is 1.12. The zero-order valence-corrected chi connectivity index (χ0v) is 20.4. The fourth-order valence-corrected chi connectivity index (χ4v) is 5.26. The van der Waals surface area contributed by atoms with Gasteiger partial charge >= 0.3 is 0 Å². The first-order chi connectivity index (χ1) is 17.2. The summed E-state index contributed by atoms with van der Waals surface area (Å²) in [5.41, 5.74) is 4.52. The van der Waals surface area contributed by atoms with Gasteiger partial charge in [0.25, 0.3) is 0 Å². The van der Waals surface area contributed by atoms with Crippen molar-refractivity contribution in [2.45, 2.75) is 45.3 Å². The molecule has 5 nitrogen and oxygen atoms in total. The molecule has 0 N–H and O–H groups in total. The maximum Gasteiger partial charge on any atom is 0.162 e. The number of ketones is 1. The molecule has 1 aromatic heterocycles. The number of pyridine rings is 1. The molecule has 0 bridgehead atoms. The molecule has 0 aliphatic carbocycles. The highest BCUT2D eigenvalue weighted by atomic mass is 16.5. The lowest BCUT2D eigenvalue weighted by Gasteiger charge is -2.31. The number of Topliss-reactive ketones (excluding diaryl/α,β-unsaturated/α-hetero) is 1. The normalized spacial score (nSPS) is 17.4. The first-order valence-corrected chi connectivity index (χ1v) is 12.9. The Morgan fingerprint density at radius 3 is 2.51 bits per heavy atom. The predicted octanol–water partition coefficient (Wildman–Crippen LogP) is 5.35. The minimum Gasteiger partial charge on any atom is -0.492 e. The van der Waals surface area contributed by atoms with E-state index in [1.54, 1.807) is 0 Å². The summed E-state index contributed by atoms with van der Waals surface area (Å²) in [5, 5.41) is 0. The number of ether oxygens (including phenoxy) is 1. The second kappa shape index (κ2) is 11.6. The summed E-state index contributed by atoms with van der Waals surface area (Å²) in [7, 11) is 0. The molecule has 0 radical (unpaired) electrons. The largest absolute Gasteiger partial charge is 0.492 e. The lowest BCUT2D eigenvalue weighted by Crippen LogP contribution is -2.33. The van der Waals surface area contributed by atoms with Crippen LogP contribution in [0.3, 0.4) is 0 Å². The van der Waals surface area contributed by atoms with Crippen LogP contribution in [0.15, 0.2) is 73.1 Å². The van der Waals surface area contributed by atoms with Gasteiger partial charge in [0.05, 0.1) is 0 Å². The van der Waals surface area contributed by atoms with Gasteiger partial charge in [-0.1, -0.05) is 36.4 Å². The van der Waals surface area contributed by atoms with Gasteiger partial charge in [0.1, 0.15) is 12.4 Å². The molecule has 2 aliphatic heterocycles. The fourth-order valence-electron chi connectivity index (χ4n) is 5.26. The molecule has 0 saturated carbocycles. The number of carbonyl (C=O) groups excluding carboxylic acids is 1. The van der Waals surface area contributed by atoms with Crippen LogP contribution in [0.4, 0.5) is 0 Å². The van der Waals surface area contributed by atoms with Gasteiger partial charge in [-0.25, -0.2) is 0 Å². The van der Waals surface area contributed by atoms with E-state index in [1.807, 2.05) is 36.7 Å². The molecule has 0 unspecified atom stereocenters. The van der Waals surface area contributed by atoms with Crippen molar-refractivity contribution in [3.63, 3.8) is 0 Å². The Hall–Kier alpha value is -3.02. The van der Waals surface area contributed by atoms with E-state index in [0.717, 1.165) is 62.6 Å². The first kappa shape index (κ1) is 23.7. The molecule has 1 fully saturated rings. The number of aromatic nitrogens is 1. The predicted molar refractivity (Wildman–Crippen MR) is 138 cm³/mol. The first-order valence-electron chi connectivity index (χ1n) is 12.9. The van der Waals surface area contributed by atoms with E-state index in [1.165, 1.54) is 24.0 Å². The summed E-state index contributed by atoms with van der Waals surface area (Å²) >= 11 is 0. The molecule has 35 heavy (non-hydrogen) atoms. The molecule has 1 saturated heterocycles. The topological polar surface area (TPSA) is 45.7 Å². The average molecular weight is 470 g/mol. The number of carbonyl (C=O) groups is 1. The summed E-state index contributed by atoms with van der Waals surface area (Å²) in [6.07, 6.45) is 7.72. The van der Waals surface area contributed by atoms with Gasteiger partial charge in [-0.3, -0.25) is 19.6 Å². The smallest absolute Gasteiger partial charge is 0.162 e. The number of fused-ring (bicyclic) bond motifs is 1. The number of hydrogen-bond acceptors (Lipinski definition) is 5. The summed E-state index contributed by atoms with van der Waals surface area (Å²) in [4.78, 5) is 22.2. The minimum absolute atomic E-state index is 0.254. The third-order valence-corrected chi connectivity index (χ3v) is 7.31. The fraction of sp³-hybridized carbons (Fsp3) is 0.400. The highest BCUT2D eigenvalue weighted by Gasteiger charge is 2.22. The number of benzene rings is 2. The van der Waals surface area contributed by atoms with Crippen molar-refractivity contribution in [2.24, 2.45) is 5.92 Å². The zero-order chi connectivity index (χ0) is 23.9. The van der Waals surface area contributed by atoms with Crippen molar-refractivity contribution in [3.8, 4) is 5.75 Å². The number of hydrogen-bond donors (Lipinski definition) is 0. The monoisotopic (exact) mass is 469 g/mol. The highest BCUT2D eigenvalue weighted by Crippen LogP contribution is 2.28. The van der Waals surface area contributed by atoms with Crippen LogP contribution in [0.5, 0.6) is 5.75 Å². The molecule has 0 amide bonds. The molecule has 0 atom stereocenters. The van der Waals surface area contributed by atoms with E-state index in [2.05, 4.69) is 51.2 Å². The van der Waals surface area contributed by atoms with Gasteiger partial charge in [0.2, 0.25) is 0 Å². The molecule has 3 heterocycles. The zero-order valence-electron chi connectivity index (χ0n) is 20.4. The van der Waals surface area contributed by atoms with Crippen LogP contribution in [-0.2, 0) is 19.6 Å². The molecule has 182 valence electrons. The van der Waals surface area contributed by atoms with E-state index in [4.69, 9.17) is 4.74 Å². The van der Waals surface area contributed by atoms with Crippen molar-refractivity contribution in [1.29, 1.82) is 0 Å². The maximum atomic E-state index is 13.1. The Bertz CT molecular complexity index is 1100. The van der Waals surface area contributed by atoms with Crippen LogP contribution >= 0.6 is 0 Å². The van der Waals surface area contributed by atoms with Crippen LogP contribution in [0.25, 0.3) is 0 Å². The van der Waals surface area contributed by atoms with E-state index in [9.17, 15) is 4.79 Å². The van der Waals surface area contributed by atoms with Gasteiger partial charge in [-0.15, -0.1) is 0 Å². The third-order valence-electron chi connectivity index (χ3n) is 7.31. The van der Waals surface area contributed by atoms with Crippen LogP contribution in [0.1, 0.15) is 52.7 Å². The quantitative estimate of drug-likeness (QED) is 0.416. The maximum absolute atomic E-state index is 13.1. The van der Waals surface area contributed by atoms with Gasteiger partial charge in [-0.2, -0.15) is 0 Å². The number of likely N-dealkylation sites (tertiary alicyclic amines) is 1. The Kier molecular flexibility index (Phi) is 7.86. The van der Waals surface area contributed by atoms with Crippen molar-refractivity contribution in [2.75, 3.05) is 26.2 Å². The van der Waals surface area contributed by atoms with Crippen LogP contribution in [-0.4, -0.2) is 46.8 Å². The third kappa shape index (κ3) is 6.56.